The lowest BCUT2D eigenvalue weighted by Gasteiger charge is -2.61. The number of rotatable bonds is 21. The Morgan fingerprint density at radius 2 is 1.34 bits per heavy atom. The molecule has 272 valence electrons. The van der Waals surface area contributed by atoms with E-state index in [9.17, 15) is 4.79 Å². The maximum atomic E-state index is 12.8. The summed E-state index contributed by atoms with van der Waals surface area (Å²) in [6.07, 6.45) is 38.9. The topological polar surface area (TPSA) is 26.3 Å². The third kappa shape index (κ3) is 10.8. The van der Waals surface area contributed by atoms with Crippen LogP contribution in [0.5, 0.6) is 0 Å². The van der Waals surface area contributed by atoms with Crippen molar-refractivity contribution in [3.05, 3.63) is 12.2 Å². The average molecular weight is 653 g/mol. The van der Waals surface area contributed by atoms with E-state index in [1.807, 2.05) is 0 Å². The van der Waals surface area contributed by atoms with E-state index < -0.39 is 0 Å². The van der Waals surface area contributed by atoms with Crippen molar-refractivity contribution in [3.8, 4) is 0 Å². The number of unbranched alkanes of at least 4 members (excludes halogenated alkanes) is 11. The van der Waals surface area contributed by atoms with Crippen molar-refractivity contribution >= 4 is 5.97 Å². The van der Waals surface area contributed by atoms with Gasteiger partial charge >= 0.3 is 5.97 Å². The number of hydrogen-bond donors (Lipinski definition) is 0. The molecule has 0 aromatic carbocycles. The van der Waals surface area contributed by atoms with Gasteiger partial charge in [-0.05, 0) is 142 Å². The molecule has 4 aliphatic carbocycles. The van der Waals surface area contributed by atoms with Gasteiger partial charge in [-0.15, -0.1) is 0 Å². The fourth-order valence-electron chi connectivity index (χ4n) is 11.9. The fraction of sp³-hybridized carbons (Fsp3) is 0.933. The molecule has 0 aromatic heterocycles. The third-order valence-corrected chi connectivity index (χ3v) is 14.8. The van der Waals surface area contributed by atoms with E-state index in [4.69, 9.17) is 4.74 Å². The van der Waals surface area contributed by atoms with Crippen molar-refractivity contribution in [3.63, 3.8) is 0 Å². The first-order valence-corrected chi connectivity index (χ1v) is 21.5. The normalized spacial score (nSPS) is 34.3. The second-order valence-electron chi connectivity index (χ2n) is 18.4. The van der Waals surface area contributed by atoms with Gasteiger partial charge in [-0.2, -0.15) is 0 Å². The van der Waals surface area contributed by atoms with Crippen molar-refractivity contribution in [2.24, 2.45) is 52.3 Å². The molecular weight excluding hydrogens is 572 g/mol. The van der Waals surface area contributed by atoms with Crippen molar-refractivity contribution in [1.82, 2.24) is 0 Å². The van der Waals surface area contributed by atoms with Crippen LogP contribution in [0.3, 0.4) is 0 Å². The minimum Gasteiger partial charge on any atom is -0.462 e. The van der Waals surface area contributed by atoms with Gasteiger partial charge in [0.05, 0.1) is 0 Å². The molecule has 0 spiro atoms. The Morgan fingerprint density at radius 3 is 2.04 bits per heavy atom. The summed E-state index contributed by atoms with van der Waals surface area (Å²) in [6, 6.07) is 0. The maximum absolute atomic E-state index is 12.8. The second kappa shape index (κ2) is 19.6. The lowest BCUT2D eigenvalue weighted by Crippen LogP contribution is -2.54. The van der Waals surface area contributed by atoms with Gasteiger partial charge in [0.2, 0.25) is 0 Å². The Balaban J connectivity index is 1.10. The summed E-state index contributed by atoms with van der Waals surface area (Å²) in [4.78, 5) is 12.8. The highest BCUT2D eigenvalue weighted by atomic mass is 16.5. The third-order valence-electron chi connectivity index (χ3n) is 14.8. The Hall–Kier alpha value is -0.790. The molecule has 0 heterocycles. The van der Waals surface area contributed by atoms with Crippen LogP contribution in [0.15, 0.2) is 12.2 Å². The summed E-state index contributed by atoms with van der Waals surface area (Å²) in [6.45, 7) is 15.0. The smallest absolute Gasteiger partial charge is 0.306 e. The lowest BCUT2D eigenvalue weighted by atomic mass is 9.44. The molecule has 0 aromatic rings. The zero-order valence-electron chi connectivity index (χ0n) is 32.5. The molecule has 4 rings (SSSR count). The van der Waals surface area contributed by atoms with Gasteiger partial charge < -0.3 is 4.74 Å². The molecule has 0 unspecified atom stereocenters. The molecular formula is C45H80O2. The molecule has 0 N–H and O–H groups in total. The van der Waals surface area contributed by atoms with Crippen molar-refractivity contribution in [2.75, 3.05) is 0 Å². The number of carbonyl (C=O) groups excluding carboxylic acids is 1. The molecule has 0 saturated heterocycles. The van der Waals surface area contributed by atoms with E-state index in [0.717, 1.165) is 60.7 Å². The maximum Gasteiger partial charge on any atom is 0.306 e. The molecule has 4 aliphatic rings. The lowest BCUT2D eigenvalue weighted by molar-refractivity contribution is -0.162. The molecule has 0 aliphatic heterocycles. The van der Waals surface area contributed by atoms with E-state index in [1.165, 1.54) is 141 Å². The van der Waals surface area contributed by atoms with Crippen LogP contribution in [-0.2, 0) is 9.53 Å². The zero-order chi connectivity index (χ0) is 33.7. The molecule has 4 saturated carbocycles. The quantitative estimate of drug-likeness (QED) is 0.0700. The first-order chi connectivity index (χ1) is 22.7. The Kier molecular flexibility index (Phi) is 16.2. The first kappa shape index (κ1) is 39.0. The van der Waals surface area contributed by atoms with Gasteiger partial charge in [0.1, 0.15) is 6.10 Å². The highest BCUT2D eigenvalue weighted by Gasteiger charge is 2.60. The number of hydrogen-bond acceptors (Lipinski definition) is 2. The van der Waals surface area contributed by atoms with Crippen LogP contribution in [-0.4, -0.2) is 12.1 Å². The number of carbonyl (C=O) groups is 1. The molecule has 2 nitrogen and oxygen atoms in total. The van der Waals surface area contributed by atoms with Crippen LogP contribution in [0.4, 0.5) is 0 Å². The zero-order valence-corrected chi connectivity index (χ0v) is 32.5. The fourth-order valence-corrected chi connectivity index (χ4v) is 11.9. The second-order valence-corrected chi connectivity index (χ2v) is 18.4. The van der Waals surface area contributed by atoms with Gasteiger partial charge in [0.15, 0.2) is 0 Å². The Bertz CT molecular complexity index is 921. The standard InChI is InChI=1S/C45H80O2/c1-7-8-9-10-11-12-13-14-15-16-17-18-19-20-21-25-43(46)47-38-30-32-44(5)37(34-38)26-27-39-41-29-28-40(36(4)24-22-23-35(2)3)45(41,6)33-31-42(39)44/h14-15,35-42H,7-13,16-34H2,1-6H3/b15-14-/t36-,37+,38+,39+,40-,41+,42+,44+,45-/m1/s1. The molecule has 9 atom stereocenters. The first-order valence-electron chi connectivity index (χ1n) is 21.5. The van der Waals surface area contributed by atoms with E-state index in [2.05, 4.69) is 53.7 Å². The van der Waals surface area contributed by atoms with E-state index in [1.54, 1.807) is 0 Å². The highest BCUT2D eigenvalue weighted by Crippen LogP contribution is 2.68. The predicted molar refractivity (Wildman–Crippen MR) is 202 cm³/mol. The minimum absolute atomic E-state index is 0.0814. The van der Waals surface area contributed by atoms with Crippen molar-refractivity contribution < 1.29 is 9.53 Å². The van der Waals surface area contributed by atoms with Crippen molar-refractivity contribution in [1.29, 1.82) is 0 Å². The Labute approximate surface area is 293 Å². The van der Waals surface area contributed by atoms with Crippen LogP contribution in [0.25, 0.3) is 0 Å². The number of fused-ring (bicyclic) bond motifs is 5. The summed E-state index contributed by atoms with van der Waals surface area (Å²) in [5.74, 6) is 6.33. The van der Waals surface area contributed by atoms with Gasteiger partial charge in [0, 0.05) is 6.42 Å². The van der Waals surface area contributed by atoms with Crippen LogP contribution in [0, 0.1) is 52.3 Å². The van der Waals surface area contributed by atoms with Gasteiger partial charge in [-0.3, -0.25) is 4.79 Å². The van der Waals surface area contributed by atoms with Gasteiger partial charge in [0.25, 0.3) is 0 Å². The number of esters is 1. The summed E-state index contributed by atoms with van der Waals surface area (Å²) < 4.78 is 6.17. The van der Waals surface area contributed by atoms with Gasteiger partial charge in [-0.1, -0.05) is 124 Å². The summed E-state index contributed by atoms with van der Waals surface area (Å²) in [5.41, 5.74) is 1.05. The summed E-state index contributed by atoms with van der Waals surface area (Å²) in [7, 11) is 0. The minimum atomic E-state index is 0.0814. The molecule has 2 heteroatoms. The summed E-state index contributed by atoms with van der Waals surface area (Å²) in [5, 5.41) is 0. The van der Waals surface area contributed by atoms with E-state index in [0.29, 0.717) is 17.3 Å². The van der Waals surface area contributed by atoms with Crippen LogP contribution in [0.1, 0.15) is 208 Å². The van der Waals surface area contributed by atoms with E-state index in [-0.39, 0.29) is 12.1 Å². The van der Waals surface area contributed by atoms with Crippen LogP contribution < -0.4 is 0 Å². The molecule has 0 amide bonds. The highest BCUT2D eigenvalue weighted by molar-refractivity contribution is 5.69. The van der Waals surface area contributed by atoms with Crippen molar-refractivity contribution in [2.45, 2.75) is 215 Å². The van der Waals surface area contributed by atoms with Crippen LogP contribution in [0.2, 0.25) is 0 Å². The Morgan fingerprint density at radius 1 is 0.702 bits per heavy atom. The average Bonchev–Trinajstić information content (AvgIpc) is 3.40. The number of allylic oxidation sites excluding steroid dienone is 2. The SMILES string of the molecule is CCCCCCCC/C=C\CCCCCCCC(=O)O[C@H]1CC[C@@]2(C)[C@@H](CC[C@@H]3[C@@H]2CC[C@]2(C)[C@@H]([C@H](C)CCCC(C)C)CC[C@@H]32)C1. The van der Waals surface area contributed by atoms with Gasteiger partial charge in [-0.25, -0.2) is 0 Å². The predicted octanol–water partition coefficient (Wildman–Crippen LogP) is 14.1. The summed E-state index contributed by atoms with van der Waals surface area (Å²) >= 11 is 0. The largest absolute Gasteiger partial charge is 0.462 e. The monoisotopic (exact) mass is 653 g/mol. The molecule has 0 radical (unpaired) electrons. The van der Waals surface area contributed by atoms with E-state index >= 15 is 0 Å². The number of ether oxygens (including phenoxy) is 1. The molecule has 4 fully saturated rings. The molecule has 0 bridgehead atoms. The van der Waals surface area contributed by atoms with Crippen LogP contribution >= 0.6 is 0 Å². The molecule has 47 heavy (non-hydrogen) atoms.